The van der Waals surface area contributed by atoms with E-state index in [1.54, 1.807) is 33.5 Å². The largest absolute Gasteiger partial charge is 0.493 e. The lowest BCUT2D eigenvalue weighted by atomic mass is 10.1. The van der Waals surface area contributed by atoms with Crippen molar-refractivity contribution in [3.05, 3.63) is 47.5 Å². The molecule has 0 saturated carbocycles. The molecule has 1 aliphatic carbocycles. The molecule has 0 fully saturated rings. The van der Waals surface area contributed by atoms with E-state index in [-0.39, 0.29) is 11.9 Å². The first-order valence-corrected chi connectivity index (χ1v) is 8.95. The Bertz CT molecular complexity index is 797. The molecule has 0 spiro atoms. The fraction of sp³-hybridized carbons (Fsp3) is 0.381. The summed E-state index contributed by atoms with van der Waals surface area (Å²) in [6, 6.07) is 12.2. The van der Waals surface area contributed by atoms with Gasteiger partial charge in [-0.05, 0) is 31.0 Å². The standard InChI is InChI=1S/C21H26N2O4/c1-23(17-10-9-14-7-5-6-8-16(14)17)13-20(24)22-15-11-18(25-2)21(27-4)19(12-15)26-3/h5-8,11-12,17H,9-10,13H2,1-4H3,(H,22,24)/t17-/m1/s1. The molecule has 0 aromatic heterocycles. The van der Waals surface area contributed by atoms with Crippen LogP contribution in [0.25, 0.3) is 0 Å². The fourth-order valence-electron chi connectivity index (χ4n) is 3.68. The number of rotatable bonds is 7. The number of nitrogens with zero attached hydrogens (tertiary/aromatic N) is 1. The molecule has 6 nitrogen and oxygen atoms in total. The smallest absolute Gasteiger partial charge is 0.238 e. The van der Waals surface area contributed by atoms with Crippen LogP contribution in [0.4, 0.5) is 5.69 Å². The minimum atomic E-state index is -0.0869. The maximum absolute atomic E-state index is 12.6. The number of anilines is 1. The molecule has 3 rings (SSSR count). The summed E-state index contributed by atoms with van der Waals surface area (Å²) in [5, 5.41) is 2.92. The average Bonchev–Trinajstić information content (AvgIpc) is 3.11. The van der Waals surface area contributed by atoms with Gasteiger partial charge in [-0.25, -0.2) is 0 Å². The molecule has 1 aliphatic rings. The van der Waals surface area contributed by atoms with Gasteiger partial charge in [-0.1, -0.05) is 24.3 Å². The summed E-state index contributed by atoms with van der Waals surface area (Å²) in [5.41, 5.74) is 3.30. The summed E-state index contributed by atoms with van der Waals surface area (Å²) >= 11 is 0. The van der Waals surface area contributed by atoms with Gasteiger partial charge in [0.15, 0.2) is 11.5 Å². The van der Waals surface area contributed by atoms with Crippen LogP contribution in [0.5, 0.6) is 17.2 Å². The number of nitrogens with one attached hydrogen (secondary N) is 1. The van der Waals surface area contributed by atoms with Gasteiger partial charge in [0.1, 0.15) is 0 Å². The van der Waals surface area contributed by atoms with Crippen LogP contribution in [0.15, 0.2) is 36.4 Å². The molecular formula is C21H26N2O4. The Balaban J connectivity index is 1.69. The van der Waals surface area contributed by atoms with E-state index in [4.69, 9.17) is 14.2 Å². The van der Waals surface area contributed by atoms with Crippen LogP contribution in [0, 0.1) is 0 Å². The molecule has 1 atom stereocenters. The van der Waals surface area contributed by atoms with Crippen LogP contribution in [0.3, 0.4) is 0 Å². The van der Waals surface area contributed by atoms with Crippen LogP contribution in [0.2, 0.25) is 0 Å². The van der Waals surface area contributed by atoms with Crippen molar-refractivity contribution in [2.24, 2.45) is 0 Å². The van der Waals surface area contributed by atoms with E-state index in [1.807, 2.05) is 7.05 Å². The van der Waals surface area contributed by atoms with Crippen LogP contribution < -0.4 is 19.5 Å². The molecule has 6 heteroatoms. The first kappa shape index (κ1) is 19.0. The minimum absolute atomic E-state index is 0.0869. The molecular weight excluding hydrogens is 344 g/mol. The second-order valence-corrected chi connectivity index (χ2v) is 6.63. The van der Waals surface area contributed by atoms with Crippen molar-refractivity contribution in [2.45, 2.75) is 18.9 Å². The molecule has 2 aromatic rings. The normalized spacial score (nSPS) is 15.4. The van der Waals surface area contributed by atoms with Gasteiger partial charge in [-0.15, -0.1) is 0 Å². The molecule has 0 saturated heterocycles. The number of likely N-dealkylation sites (N-methyl/N-ethyl adjacent to an activating group) is 1. The molecule has 2 aromatic carbocycles. The Morgan fingerprint density at radius 2 is 1.78 bits per heavy atom. The lowest BCUT2D eigenvalue weighted by molar-refractivity contribution is -0.117. The Labute approximate surface area is 160 Å². The van der Waals surface area contributed by atoms with E-state index in [0.717, 1.165) is 12.8 Å². The van der Waals surface area contributed by atoms with Gasteiger partial charge in [-0.3, -0.25) is 9.69 Å². The quantitative estimate of drug-likeness (QED) is 0.811. The number of carbonyl (C=O) groups excluding carboxylic acids is 1. The van der Waals surface area contributed by atoms with Gasteiger partial charge in [-0.2, -0.15) is 0 Å². The third-order valence-corrected chi connectivity index (χ3v) is 4.97. The zero-order chi connectivity index (χ0) is 19.4. The predicted octanol–water partition coefficient (Wildman–Crippen LogP) is 3.27. The van der Waals surface area contributed by atoms with E-state index in [9.17, 15) is 4.79 Å². The molecule has 27 heavy (non-hydrogen) atoms. The van der Waals surface area contributed by atoms with Gasteiger partial charge in [0.25, 0.3) is 0 Å². The summed E-state index contributed by atoms with van der Waals surface area (Å²) in [5.74, 6) is 1.42. The Morgan fingerprint density at radius 3 is 2.41 bits per heavy atom. The maximum Gasteiger partial charge on any atom is 0.238 e. The fourth-order valence-corrected chi connectivity index (χ4v) is 3.68. The highest BCUT2D eigenvalue weighted by Crippen LogP contribution is 2.40. The van der Waals surface area contributed by atoms with Crippen molar-refractivity contribution in [1.29, 1.82) is 0 Å². The zero-order valence-corrected chi connectivity index (χ0v) is 16.2. The lowest BCUT2D eigenvalue weighted by Gasteiger charge is -2.24. The predicted molar refractivity (Wildman–Crippen MR) is 105 cm³/mol. The minimum Gasteiger partial charge on any atom is -0.493 e. The molecule has 0 radical (unpaired) electrons. The zero-order valence-electron chi connectivity index (χ0n) is 16.2. The van der Waals surface area contributed by atoms with Crippen molar-refractivity contribution in [2.75, 3.05) is 40.2 Å². The van der Waals surface area contributed by atoms with Crippen LogP contribution in [0.1, 0.15) is 23.6 Å². The van der Waals surface area contributed by atoms with E-state index >= 15 is 0 Å². The van der Waals surface area contributed by atoms with Crippen LogP contribution in [-0.4, -0.2) is 45.7 Å². The van der Waals surface area contributed by atoms with E-state index in [1.165, 1.54) is 11.1 Å². The molecule has 1 N–H and O–H groups in total. The average molecular weight is 370 g/mol. The molecule has 0 aliphatic heterocycles. The molecule has 1 amide bonds. The highest BCUT2D eigenvalue weighted by molar-refractivity contribution is 5.93. The number of fused-ring (bicyclic) bond motifs is 1. The lowest BCUT2D eigenvalue weighted by Crippen LogP contribution is -2.32. The van der Waals surface area contributed by atoms with Gasteiger partial charge < -0.3 is 19.5 Å². The number of hydrogen-bond donors (Lipinski definition) is 1. The van der Waals surface area contributed by atoms with Crippen molar-refractivity contribution in [3.8, 4) is 17.2 Å². The molecule has 0 bridgehead atoms. The Kier molecular flexibility index (Phi) is 5.86. The highest BCUT2D eigenvalue weighted by Gasteiger charge is 2.26. The Morgan fingerprint density at radius 1 is 1.11 bits per heavy atom. The van der Waals surface area contributed by atoms with E-state index < -0.39 is 0 Å². The first-order chi connectivity index (χ1) is 13.1. The first-order valence-electron chi connectivity index (χ1n) is 8.95. The number of aryl methyl sites for hydroxylation is 1. The summed E-state index contributed by atoms with van der Waals surface area (Å²) in [6.45, 7) is 0.301. The summed E-state index contributed by atoms with van der Waals surface area (Å²) in [7, 11) is 6.64. The van der Waals surface area contributed by atoms with Gasteiger partial charge in [0.05, 0.1) is 27.9 Å². The van der Waals surface area contributed by atoms with E-state index in [0.29, 0.717) is 29.5 Å². The second kappa shape index (κ2) is 8.31. The third kappa shape index (κ3) is 4.01. The summed E-state index contributed by atoms with van der Waals surface area (Å²) in [6.07, 6.45) is 2.09. The molecule has 144 valence electrons. The summed E-state index contributed by atoms with van der Waals surface area (Å²) < 4.78 is 16.0. The van der Waals surface area contributed by atoms with Crippen molar-refractivity contribution < 1.29 is 19.0 Å². The van der Waals surface area contributed by atoms with Gasteiger partial charge >= 0.3 is 0 Å². The highest BCUT2D eigenvalue weighted by atomic mass is 16.5. The van der Waals surface area contributed by atoms with Crippen molar-refractivity contribution >= 4 is 11.6 Å². The van der Waals surface area contributed by atoms with Gasteiger partial charge in [0, 0.05) is 23.9 Å². The summed E-state index contributed by atoms with van der Waals surface area (Å²) in [4.78, 5) is 14.7. The molecule has 0 unspecified atom stereocenters. The second-order valence-electron chi connectivity index (χ2n) is 6.63. The number of hydrogen-bond acceptors (Lipinski definition) is 5. The number of carbonyl (C=O) groups is 1. The monoisotopic (exact) mass is 370 g/mol. The topological polar surface area (TPSA) is 60.0 Å². The molecule has 0 heterocycles. The third-order valence-electron chi connectivity index (χ3n) is 4.97. The number of amides is 1. The number of methoxy groups -OCH3 is 3. The van der Waals surface area contributed by atoms with Gasteiger partial charge in [0.2, 0.25) is 11.7 Å². The van der Waals surface area contributed by atoms with Crippen LogP contribution in [-0.2, 0) is 11.2 Å². The van der Waals surface area contributed by atoms with E-state index in [2.05, 4.69) is 34.5 Å². The maximum atomic E-state index is 12.6. The number of ether oxygens (including phenoxy) is 3. The van der Waals surface area contributed by atoms with Crippen LogP contribution >= 0.6 is 0 Å². The SMILES string of the molecule is COc1cc(NC(=O)CN(C)[C@@H]2CCc3ccccc32)cc(OC)c1OC. The Hall–Kier alpha value is -2.73. The number of benzene rings is 2. The van der Waals surface area contributed by atoms with Crippen molar-refractivity contribution in [1.82, 2.24) is 4.90 Å². The van der Waals surface area contributed by atoms with Crippen molar-refractivity contribution in [3.63, 3.8) is 0 Å².